The molecule has 0 bridgehead atoms. The topological polar surface area (TPSA) is 113 Å². The molecule has 0 saturated carbocycles. The van der Waals surface area contributed by atoms with E-state index in [-0.39, 0.29) is 29.9 Å². The molecule has 2 amide bonds. The first kappa shape index (κ1) is 17.3. The van der Waals surface area contributed by atoms with Gasteiger partial charge in [0.1, 0.15) is 0 Å². The summed E-state index contributed by atoms with van der Waals surface area (Å²) in [7, 11) is 0. The Balaban J connectivity index is 1.49. The van der Waals surface area contributed by atoms with Crippen molar-refractivity contribution < 1.29 is 14.3 Å². The second kappa shape index (κ2) is 8.04. The summed E-state index contributed by atoms with van der Waals surface area (Å²) >= 11 is 1.24. The van der Waals surface area contributed by atoms with Crippen molar-refractivity contribution in [3.8, 4) is 0 Å². The van der Waals surface area contributed by atoms with Crippen molar-refractivity contribution >= 4 is 28.3 Å². The van der Waals surface area contributed by atoms with E-state index in [2.05, 4.69) is 20.6 Å². The van der Waals surface area contributed by atoms with Crippen molar-refractivity contribution in [1.82, 2.24) is 15.3 Å². The quantitative estimate of drug-likeness (QED) is 0.707. The average molecular weight is 362 g/mol. The zero-order valence-corrected chi connectivity index (χ0v) is 14.2. The van der Waals surface area contributed by atoms with Crippen LogP contribution in [0.1, 0.15) is 28.9 Å². The van der Waals surface area contributed by atoms with Crippen LogP contribution in [0.2, 0.25) is 0 Å². The summed E-state index contributed by atoms with van der Waals surface area (Å²) in [6.07, 6.45) is 3.59. The maximum absolute atomic E-state index is 12.0. The van der Waals surface area contributed by atoms with E-state index < -0.39 is 0 Å². The van der Waals surface area contributed by atoms with E-state index in [4.69, 9.17) is 4.74 Å². The number of hydrogen-bond donors (Lipinski definition) is 3. The largest absolute Gasteiger partial charge is 0.376 e. The Hall–Kier alpha value is -2.52. The minimum Gasteiger partial charge on any atom is -0.376 e. The summed E-state index contributed by atoms with van der Waals surface area (Å²) in [5.74, 6) is -0.501. The zero-order valence-electron chi connectivity index (χ0n) is 13.4. The Bertz CT molecular complexity index is 790. The number of carbonyl (C=O) groups is 2. The van der Waals surface area contributed by atoms with Gasteiger partial charge in [0.15, 0.2) is 5.13 Å². The van der Waals surface area contributed by atoms with Crippen LogP contribution in [0, 0.1) is 0 Å². The fourth-order valence-electron chi connectivity index (χ4n) is 2.43. The molecule has 9 heteroatoms. The van der Waals surface area contributed by atoms with Crippen LogP contribution in [0.25, 0.3) is 0 Å². The monoisotopic (exact) mass is 362 g/mol. The number of amides is 2. The molecular formula is C16H18N4O4S. The lowest BCUT2D eigenvalue weighted by Crippen LogP contribution is -2.32. The van der Waals surface area contributed by atoms with Gasteiger partial charge in [-0.05, 0) is 18.9 Å². The lowest BCUT2D eigenvalue weighted by atomic mass is 10.2. The third-order valence-corrected chi connectivity index (χ3v) is 4.52. The Labute approximate surface area is 147 Å². The van der Waals surface area contributed by atoms with E-state index in [1.165, 1.54) is 29.7 Å². The number of nitrogens with one attached hydrogen (secondary N) is 3. The van der Waals surface area contributed by atoms with E-state index in [0.29, 0.717) is 22.9 Å². The average Bonchev–Trinajstić information content (AvgIpc) is 3.25. The fourth-order valence-corrected chi connectivity index (χ4v) is 3.13. The molecule has 0 aromatic carbocycles. The van der Waals surface area contributed by atoms with Crippen LogP contribution < -0.4 is 16.2 Å². The lowest BCUT2D eigenvalue weighted by Gasteiger charge is -2.09. The number of aromatic nitrogens is 2. The van der Waals surface area contributed by atoms with Gasteiger partial charge in [-0.2, -0.15) is 0 Å². The molecule has 25 heavy (non-hydrogen) atoms. The van der Waals surface area contributed by atoms with Gasteiger partial charge in [-0.1, -0.05) is 0 Å². The summed E-state index contributed by atoms with van der Waals surface area (Å²) in [5.41, 5.74) is 0.638. The molecule has 8 nitrogen and oxygen atoms in total. The predicted octanol–water partition coefficient (Wildman–Crippen LogP) is 0.921. The van der Waals surface area contributed by atoms with Gasteiger partial charge in [0, 0.05) is 30.8 Å². The molecular weight excluding hydrogens is 344 g/mol. The molecule has 0 spiro atoms. The molecule has 3 rings (SSSR count). The second-order valence-corrected chi connectivity index (χ2v) is 6.51. The summed E-state index contributed by atoms with van der Waals surface area (Å²) in [6.45, 7) is 1.27. The SMILES string of the molecule is O=C(Cc1csc(NC(=O)c2ccc(=O)[nH]c2)n1)NC[C@H]1CCCO1. The molecule has 0 radical (unpaired) electrons. The molecule has 1 atom stereocenters. The van der Waals surface area contributed by atoms with Gasteiger partial charge in [-0.15, -0.1) is 11.3 Å². The Morgan fingerprint density at radius 3 is 3.00 bits per heavy atom. The van der Waals surface area contributed by atoms with E-state index in [1.54, 1.807) is 5.38 Å². The Morgan fingerprint density at radius 1 is 1.40 bits per heavy atom. The van der Waals surface area contributed by atoms with Crippen molar-refractivity contribution in [1.29, 1.82) is 0 Å². The number of H-pyrrole nitrogens is 1. The lowest BCUT2D eigenvalue weighted by molar-refractivity contribution is -0.121. The molecule has 0 aliphatic carbocycles. The number of ether oxygens (including phenoxy) is 1. The highest BCUT2D eigenvalue weighted by molar-refractivity contribution is 7.14. The van der Waals surface area contributed by atoms with E-state index >= 15 is 0 Å². The normalized spacial score (nSPS) is 16.6. The zero-order chi connectivity index (χ0) is 17.6. The van der Waals surface area contributed by atoms with Crippen LogP contribution >= 0.6 is 11.3 Å². The highest BCUT2D eigenvalue weighted by Gasteiger charge is 2.17. The van der Waals surface area contributed by atoms with Gasteiger partial charge in [-0.25, -0.2) is 4.98 Å². The van der Waals surface area contributed by atoms with Crippen LogP contribution in [-0.2, 0) is 16.0 Å². The molecule has 1 fully saturated rings. The van der Waals surface area contributed by atoms with Gasteiger partial charge in [0.05, 0.1) is 23.8 Å². The van der Waals surface area contributed by atoms with E-state index in [0.717, 1.165) is 19.4 Å². The minimum atomic E-state index is -0.375. The van der Waals surface area contributed by atoms with Crippen molar-refractivity contribution in [2.24, 2.45) is 0 Å². The van der Waals surface area contributed by atoms with Crippen LogP contribution in [0.4, 0.5) is 5.13 Å². The number of anilines is 1. The number of nitrogens with zero attached hydrogens (tertiary/aromatic N) is 1. The van der Waals surface area contributed by atoms with Crippen LogP contribution in [0.15, 0.2) is 28.5 Å². The Morgan fingerprint density at radius 2 is 2.28 bits per heavy atom. The molecule has 2 aromatic rings. The van der Waals surface area contributed by atoms with Crippen molar-refractivity contribution in [3.05, 3.63) is 45.3 Å². The molecule has 3 N–H and O–H groups in total. The summed E-state index contributed by atoms with van der Waals surface area (Å²) in [5, 5.41) is 7.61. The Kier molecular flexibility index (Phi) is 5.56. The fraction of sp³-hybridized carbons (Fsp3) is 0.375. The third kappa shape index (κ3) is 4.97. The van der Waals surface area contributed by atoms with Crippen LogP contribution in [0.3, 0.4) is 0 Å². The van der Waals surface area contributed by atoms with Crippen LogP contribution in [-0.4, -0.2) is 41.0 Å². The number of rotatable bonds is 6. The molecule has 1 aliphatic rings. The van der Waals surface area contributed by atoms with Gasteiger partial charge in [-0.3, -0.25) is 19.7 Å². The number of pyridine rings is 1. The molecule has 1 saturated heterocycles. The van der Waals surface area contributed by atoms with Gasteiger partial charge in [0.2, 0.25) is 11.5 Å². The maximum Gasteiger partial charge on any atom is 0.258 e. The van der Waals surface area contributed by atoms with Gasteiger partial charge >= 0.3 is 0 Å². The number of carbonyl (C=O) groups excluding carboxylic acids is 2. The second-order valence-electron chi connectivity index (χ2n) is 5.66. The smallest absolute Gasteiger partial charge is 0.258 e. The molecule has 3 heterocycles. The van der Waals surface area contributed by atoms with Crippen molar-refractivity contribution in [2.75, 3.05) is 18.5 Å². The first-order chi connectivity index (χ1) is 12.1. The maximum atomic E-state index is 12.0. The first-order valence-electron chi connectivity index (χ1n) is 7.93. The third-order valence-electron chi connectivity index (χ3n) is 3.71. The van der Waals surface area contributed by atoms with Gasteiger partial charge < -0.3 is 15.0 Å². The highest BCUT2D eigenvalue weighted by atomic mass is 32.1. The summed E-state index contributed by atoms with van der Waals surface area (Å²) in [6, 6.07) is 2.71. The number of thiazole rings is 1. The first-order valence-corrected chi connectivity index (χ1v) is 8.81. The predicted molar refractivity (Wildman–Crippen MR) is 92.8 cm³/mol. The van der Waals surface area contributed by atoms with E-state index in [9.17, 15) is 14.4 Å². The van der Waals surface area contributed by atoms with Crippen LogP contribution in [0.5, 0.6) is 0 Å². The highest BCUT2D eigenvalue weighted by Crippen LogP contribution is 2.17. The molecule has 132 valence electrons. The summed E-state index contributed by atoms with van der Waals surface area (Å²) < 4.78 is 5.45. The van der Waals surface area contributed by atoms with Gasteiger partial charge in [0.25, 0.3) is 5.91 Å². The van der Waals surface area contributed by atoms with Crippen molar-refractivity contribution in [2.45, 2.75) is 25.4 Å². The van der Waals surface area contributed by atoms with Crippen molar-refractivity contribution in [3.63, 3.8) is 0 Å². The molecule has 0 unspecified atom stereocenters. The summed E-state index contributed by atoms with van der Waals surface area (Å²) in [4.78, 5) is 41.7. The molecule has 1 aliphatic heterocycles. The standard InChI is InChI=1S/C16H18N4O4S/c21-13-4-3-10(7-17-13)15(23)20-16-19-11(9-25-16)6-14(22)18-8-12-2-1-5-24-12/h3-4,7,9,12H,1-2,5-6,8H2,(H,17,21)(H,18,22)(H,19,20,23)/t12-/m1/s1. The molecule has 2 aromatic heterocycles. The van der Waals surface area contributed by atoms with E-state index in [1.807, 2.05) is 0 Å². The number of aromatic amines is 1. The minimum absolute atomic E-state index is 0.103. The number of hydrogen-bond acceptors (Lipinski definition) is 6.